The first-order valence-corrected chi connectivity index (χ1v) is 6.14. The van der Waals surface area contributed by atoms with Crippen molar-refractivity contribution >= 4 is 23.5 Å². The molecule has 0 amide bonds. The van der Waals surface area contributed by atoms with Crippen molar-refractivity contribution in [1.82, 2.24) is 0 Å². The van der Waals surface area contributed by atoms with Crippen molar-refractivity contribution < 1.29 is 9.53 Å². The first kappa shape index (κ1) is 12.1. The molecule has 0 aromatic heterocycles. The third-order valence-corrected chi connectivity index (χ3v) is 3.20. The van der Waals surface area contributed by atoms with E-state index in [9.17, 15) is 4.79 Å². The standard InChI is InChI=1S/C13H14ClNO2/c1-2-13(8-10-6-4-3-5-7-10)12(16)17-11(9-14)15-13/h3-7H,2,8-9H2,1H3/t13-/m0/s1. The fourth-order valence-electron chi connectivity index (χ4n) is 1.96. The lowest BCUT2D eigenvalue weighted by molar-refractivity contribution is -0.139. The van der Waals surface area contributed by atoms with Crippen molar-refractivity contribution in [2.45, 2.75) is 25.3 Å². The van der Waals surface area contributed by atoms with Crippen LogP contribution in [0.2, 0.25) is 0 Å². The summed E-state index contributed by atoms with van der Waals surface area (Å²) >= 11 is 5.65. The zero-order chi connectivity index (χ0) is 12.3. The maximum Gasteiger partial charge on any atom is 0.340 e. The van der Waals surface area contributed by atoms with Crippen molar-refractivity contribution in [2.24, 2.45) is 4.99 Å². The van der Waals surface area contributed by atoms with Crippen molar-refractivity contribution in [1.29, 1.82) is 0 Å². The average molecular weight is 252 g/mol. The molecule has 0 saturated carbocycles. The highest BCUT2D eigenvalue weighted by Gasteiger charge is 2.44. The number of esters is 1. The summed E-state index contributed by atoms with van der Waals surface area (Å²) in [6.45, 7) is 1.94. The molecule has 0 saturated heterocycles. The van der Waals surface area contributed by atoms with Crippen LogP contribution in [0.1, 0.15) is 18.9 Å². The van der Waals surface area contributed by atoms with Crippen LogP contribution in [0.25, 0.3) is 0 Å². The molecule has 4 heteroatoms. The van der Waals surface area contributed by atoms with Gasteiger partial charge in [-0.15, -0.1) is 11.6 Å². The fourth-order valence-corrected chi connectivity index (χ4v) is 2.07. The summed E-state index contributed by atoms with van der Waals surface area (Å²) in [6.07, 6.45) is 1.17. The molecule has 1 aromatic carbocycles. The Labute approximate surface area is 105 Å². The highest BCUT2D eigenvalue weighted by Crippen LogP contribution is 2.28. The van der Waals surface area contributed by atoms with Gasteiger partial charge in [0.1, 0.15) is 0 Å². The molecule has 0 bridgehead atoms. The lowest BCUT2D eigenvalue weighted by Gasteiger charge is -2.19. The number of halogens is 1. The van der Waals surface area contributed by atoms with E-state index >= 15 is 0 Å². The Morgan fingerprint density at radius 3 is 2.59 bits per heavy atom. The van der Waals surface area contributed by atoms with E-state index in [0.717, 1.165) is 5.56 Å². The van der Waals surface area contributed by atoms with Crippen LogP contribution < -0.4 is 0 Å². The van der Waals surface area contributed by atoms with E-state index in [2.05, 4.69) is 4.99 Å². The van der Waals surface area contributed by atoms with Gasteiger partial charge in [0.25, 0.3) is 0 Å². The predicted octanol–water partition coefficient (Wildman–Crippen LogP) is 2.57. The van der Waals surface area contributed by atoms with Gasteiger partial charge in [-0.05, 0) is 12.0 Å². The van der Waals surface area contributed by atoms with Crippen molar-refractivity contribution in [3.8, 4) is 0 Å². The third kappa shape index (κ3) is 2.34. The quantitative estimate of drug-likeness (QED) is 0.609. The van der Waals surface area contributed by atoms with E-state index in [0.29, 0.717) is 18.7 Å². The van der Waals surface area contributed by atoms with E-state index in [4.69, 9.17) is 16.3 Å². The van der Waals surface area contributed by atoms with Gasteiger partial charge in [-0.3, -0.25) is 0 Å². The predicted molar refractivity (Wildman–Crippen MR) is 67.4 cm³/mol. The van der Waals surface area contributed by atoms with Crippen LogP contribution in [0.15, 0.2) is 35.3 Å². The second kappa shape index (κ2) is 4.88. The van der Waals surface area contributed by atoms with Crippen LogP contribution in [0, 0.1) is 0 Å². The van der Waals surface area contributed by atoms with Gasteiger partial charge in [-0.25, -0.2) is 9.79 Å². The molecule has 1 atom stereocenters. The molecule has 0 spiro atoms. The van der Waals surface area contributed by atoms with Gasteiger partial charge in [0.05, 0.1) is 5.88 Å². The molecular weight excluding hydrogens is 238 g/mol. The summed E-state index contributed by atoms with van der Waals surface area (Å²) in [5.41, 5.74) is 0.289. The molecule has 0 fully saturated rings. The number of alkyl halides is 1. The Hall–Kier alpha value is -1.35. The molecule has 1 aliphatic heterocycles. The molecule has 1 aliphatic rings. The zero-order valence-corrected chi connectivity index (χ0v) is 10.4. The molecule has 2 rings (SSSR count). The minimum Gasteiger partial charge on any atom is -0.409 e. The van der Waals surface area contributed by atoms with Crippen LogP contribution in [0.4, 0.5) is 0 Å². The fraction of sp³-hybridized carbons (Fsp3) is 0.385. The molecule has 90 valence electrons. The molecule has 0 unspecified atom stereocenters. The maximum atomic E-state index is 11.9. The maximum absolute atomic E-state index is 11.9. The summed E-state index contributed by atoms with van der Waals surface area (Å²) in [6, 6.07) is 9.82. The first-order chi connectivity index (χ1) is 8.20. The van der Waals surface area contributed by atoms with E-state index in [1.165, 1.54) is 0 Å². The second-order valence-corrected chi connectivity index (χ2v) is 4.34. The molecule has 1 aromatic rings. The van der Waals surface area contributed by atoms with Gasteiger partial charge in [0, 0.05) is 6.42 Å². The van der Waals surface area contributed by atoms with Gasteiger partial charge < -0.3 is 4.74 Å². The normalized spacial score (nSPS) is 23.4. The summed E-state index contributed by atoms with van der Waals surface area (Å²) in [7, 11) is 0. The highest BCUT2D eigenvalue weighted by molar-refractivity contribution is 6.28. The summed E-state index contributed by atoms with van der Waals surface area (Å²) in [5.74, 6) is 0.177. The minimum atomic E-state index is -0.786. The van der Waals surface area contributed by atoms with E-state index < -0.39 is 5.54 Å². The SMILES string of the molecule is CC[C@@]1(Cc2ccccc2)N=C(CCl)OC1=O. The Balaban J connectivity index is 2.27. The van der Waals surface area contributed by atoms with Gasteiger partial charge in [0.2, 0.25) is 5.90 Å². The number of carbonyl (C=O) groups is 1. The van der Waals surface area contributed by atoms with Crippen molar-refractivity contribution in [2.75, 3.05) is 5.88 Å². The highest BCUT2D eigenvalue weighted by atomic mass is 35.5. The minimum absolute atomic E-state index is 0.141. The van der Waals surface area contributed by atoms with Crippen LogP contribution in [-0.2, 0) is 16.0 Å². The van der Waals surface area contributed by atoms with E-state index in [-0.39, 0.29) is 11.8 Å². The summed E-state index contributed by atoms with van der Waals surface area (Å²) < 4.78 is 5.07. The first-order valence-electron chi connectivity index (χ1n) is 5.61. The van der Waals surface area contributed by atoms with Crippen molar-refractivity contribution in [3.63, 3.8) is 0 Å². The third-order valence-electron chi connectivity index (χ3n) is 2.97. The number of cyclic esters (lactones) is 1. The monoisotopic (exact) mass is 251 g/mol. The zero-order valence-electron chi connectivity index (χ0n) is 9.65. The molecule has 0 radical (unpaired) electrons. The number of hydrogen-bond acceptors (Lipinski definition) is 3. The van der Waals surface area contributed by atoms with Crippen LogP contribution in [0.5, 0.6) is 0 Å². The van der Waals surface area contributed by atoms with Gasteiger partial charge in [-0.1, -0.05) is 37.3 Å². The second-order valence-electron chi connectivity index (χ2n) is 4.08. The van der Waals surface area contributed by atoms with Crippen LogP contribution >= 0.6 is 11.6 Å². The molecular formula is C13H14ClNO2. The number of benzene rings is 1. The van der Waals surface area contributed by atoms with E-state index in [1.54, 1.807) is 0 Å². The lowest BCUT2D eigenvalue weighted by atomic mass is 9.89. The number of aliphatic imine (C=N–C) groups is 1. The average Bonchev–Trinajstić information content (AvgIpc) is 2.68. The Morgan fingerprint density at radius 1 is 1.35 bits per heavy atom. The molecule has 0 aliphatic carbocycles. The smallest absolute Gasteiger partial charge is 0.340 e. The number of hydrogen-bond donors (Lipinski definition) is 0. The molecule has 17 heavy (non-hydrogen) atoms. The molecule has 0 N–H and O–H groups in total. The number of rotatable bonds is 4. The topological polar surface area (TPSA) is 38.7 Å². The number of nitrogens with zero attached hydrogens (tertiary/aromatic N) is 1. The van der Waals surface area contributed by atoms with E-state index in [1.807, 2.05) is 37.3 Å². The number of ether oxygens (including phenoxy) is 1. The molecule has 3 nitrogen and oxygen atoms in total. The summed E-state index contributed by atoms with van der Waals surface area (Å²) in [4.78, 5) is 16.3. The van der Waals surface area contributed by atoms with Crippen LogP contribution in [-0.4, -0.2) is 23.3 Å². The van der Waals surface area contributed by atoms with Gasteiger partial charge in [0.15, 0.2) is 5.54 Å². The molecule has 1 heterocycles. The lowest BCUT2D eigenvalue weighted by Crippen LogP contribution is -2.35. The number of carbonyl (C=O) groups excluding carboxylic acids is 1. The Kier molecular flexibility index (Phi) is 3.48. The van der Waals surface area contributed by atoms with Gasteiger partial charge in [-0.2, -0.15) is 0 Å². The van der Waals surface area contributed by atoms with Crippen molar-refractivity contribution in [3.05, 3.63) is 35.9 Å². The van der Waals surface area contributed by atoms with Gasteiger partial charge >= 0.3 is 5.97 Å². The summed E-state index contributed by atoms with van der Waals surface area (Å²) in [5, 5.41) is 0. The Bertz CT molecular complexity index is 444. The van der Waals surface area contributed by atoms with Crippen LogP contribution in [0.3, 0.4) is 0 Å². The Morgan fingerprint density at radius 2 is 2.06 bits per heavy atom. The largest absolute Gasteiger partial charge is 0.409 e.